The van der Waals surface area contributed by atoms with Crippen molar-refractivity contribution in [3.05, 3.63) is 66.5 Å². The fraction of sp³-hybridized carbons (Fsp3) is 0.310. The van der Waals surface area contributed by atoms with E-state index in [1.165, 1.54) is 5.69 Å². The molecule has 0 aliphatic carbocycles. The minimum Gasteiger partial charge on any atom is -0.489 e. The Bertz CT molecular complexity index is 1490. The monoisotopic (exact) mass is 495 g/mol. The number of carbonyl (C=O) groups excluding carboxylic acids is 1. The van der Waals surface area contributed by atoms with E-state index in [0.29, 0.717) is 31.3 Å². The van der Waals surface area contributed by atoms with Crippen molar-refractivity contribution < 1.29 is 14.6 Å². The lowest BCUT2D eigenvalue weighted by atomic mass is 10.00. The van der Waals surface area contributed by atoms with E-state index in [9.17, 15) is 9.90 Å². The zero-order valence-electron chi connectivity index (χ0n) is 20.7. The number of hydrogen-bond donors (Lipinski definition) is 2. The molecule has 0 saturated carbocycles. The Morgan fingerprint density at radius 2 is 1.84 bits per heavy atom. The molecule has 188 valence electrons. The molecule has 0 radical (unpaired) electrons. The molecule has 2 saturated heterocycles. The number of likely N-dealkylation sites (N-methyl/N-ethyl adjacent to an activating group) is 1. The van der Waals surface area contributed by atoms with Crippen LogP contribution in [0.4, 0.5) is 5.69 Å². The number of pyridine rings is 1. The lowest BCUT2D eigenvalue weighted by Gasteiger charge is -2.44. The predicted octanol–water partition coefficient (Wildman–Crippen LogP) is 3.23. The molecule has 8 heteroatoms. The first-order valence-corrected chi connectivity index (χ1v) is 12.8. The van der Waals surface area contributed by atoms with Gasteiger partial charge in [0.05, 0.1) is 17.8 Å². The largest absolute Gasteiger partial charge is 0.489 e. The zero-order chi connectivity index (χ0) is 25.1. The molecule has 3 aliphatic heterocycles. The molecule has 1 atom stereocenters. The summed E-state index contributed by atoms with van der Waals surface area (Å²) in [7, 11) is 2.17. The summed E-state index contributed by atoms with van der Waals surface area (Å²) in [6.07, 6.45) is 3.46. The van der Waals surface area contributed by atoms with Crippen LogP contribution in [-0.4, -0.2) is 89.3 Å². The third-order valence-corrected chi connectivity index (χ3v) is 7.84. The highest BCUT2D eigenvalue weighted by atomic mass is 16.5. The number of piperazine rings is 1. The van der Waals surface area contributed by atoms with E-state index < -0.39 is 6.10 Å². The first-order chi connectivity index (χ1) is 18.0. The van der Waals surface area contributed by atoms with Gasteiger partial charge in [-0.3, -0.25) is 4.79 Å². The second-order valence-electron chi connectivity index (χ2n) is 10.4. The maximum Gasteiger partial charge on any atom is 0.254 e. The highest BCUT2D eigenvalue weighted by Gasteiger charge is 2.32. The Labute approximate surface area is 215 Å². The van der Waals surface area contributed by atoms with Gasteiger partial charge in [-0.2, -0.15) is 0 Å². The van der Waals surface area contributed by atoms with Gasteiger partial charge >= 0.3 is 0 Å². The SMILES string of the molecule is CN1CCN2c3ccc(-c4cnc5[nH]cc(-c6ccc(C(=O)N7CC(O)C7)cc6)c5c4)cc3OCC2C1. The molecule has 37 heavy (non-hydrogen) atoms. The number of nitrogens with zero attached hydrogens (tertiary/aromatic N) is 4. The number of H-pyrrole nitrogens is 1. The third-order valence-electron chi connectivity index (χ3n) is 7.84. The fourth-order valence-corrected chi connectivity index (χ4v) is 5.70. The van der Waals surface area contributed by atoms with E-state index in [2.05, 4.69) is 51.1 Å². The van der Waals surface area contributed by atoms with Crippen LogP contribution in [0.5, 0.6) is 5.75 Å². The van der Waals surface area contributed by atoms with Crippen LogP contribution in [0.3, 0.4) is 0 Å². The molecule has 0 spiro atoms. The smallest absolute Gasteiger partial charge is 0.254 e. The fourth-order valence-electron chi connectivity index (χ4n) is 5.70. The summed E-state index contributed by atoms with van der Waals surface area (Å²) in [4.78, 5) is 27.0. The first-order valence-electron chi connectivity index (χ1n) is 12.8. The number of rotatable bonds is 3. The number of aromatic nitrogens is 2. The number of anilines is 1. The highest BCUT2D eigenvalue weighted by Crippen LogP contribution is 2.39. The maximum absolute atomic E-state index is 12.6. The number of ether oxygens (including phenoxy) is 1. The maximum atomic E-state index is 12.6. The molecule has 3 aliphatic rings. The first kappa shape index (κ1) is 22.3. The highest BCUT2D eigenvalue weighted by molar-refractivity contribution is 5.98. The lowest BCUT2D eigenvalue weighted by Crippen LogP contribution is -2.56. The molecule has 1 unspecified atom stereocenters. The number of nitrogens with one attached hydrogen (secondary N) is 1. The standard InChI is InChI=1S/C29H29N5O3/c1-32-8-9-34-22(14-32)17-37-27-11-20(6-7-26(27)34)21-10-24-25(13-31-28(24)30-12-21)18-2-4-19(5-3-18)29(36)33-15-23(35)16-33/h2-7,10-13,22-23,35H,8-9,14-17H2,1H3,(H,30,31). The van der Waals surface area contributed by atoms with Crippen molar-refractivity contribution in [1.29, 1.82) is 0 Å². The Morgan fingerprint density at radius 3 is 2.65 bits per heavy atom. The van der Waals surface area contributed by atoms with E-state index >= 15 is 0 Å². The van der Waals surface area contributed by atoms with Crippen molar-refractivity contribution in [3.8, 4) is 28.0 Å². The number of hydrogen-bond acceptors (Lipinski definition) is 6. The van der Waals surface area contributed by atoms with Crippen molar-refractivity contribution in [2.75, 3.05) is 51.3 Å². The molecule has 8 nitrogen and oxygen atoms in total. The van der Waals surface area contributed by atoms with Gasteiger partial charge in [0.1, 0.15) is 18.0 Å². The quantitative estimate of drug-likeness (QED) is 0.454. The Kier molecular flexibility index (Phi) is 5.19. The molecule has 7 rings (SSSR count). The number of benzene rings is 2. The normalized spacial score (nSPS) is 19.8. The van der Waals surface area contributed by atoms with Gasteiger partial charge in [-0.1, -0.05) is 18.2 Å². The Hall–Kier alpha value is -3.88. The Morgan fingerprint density at radius 1 is 1.03 bits per heavy atom. The molecule has 0 bridgehead atoms. The van der Waals surface area contributed by atoms with Gasteiger partial charge < -0.3 is 29.5 Å². The van der Waals surface area contributed by atoms with Gasteiger partial charge in [0, 0.05) is 67.2 Å². The van der Waals surface area contributed by atoms with E-state index in [-0.39, 0.29) is 5.91 Å². The number of likely N-dealkylation sites (tertiary alicyclic amines) is 1. The number of fused-ring (bicyclic) bond motifs is 4. The van der Waals surface area contributed by atoms with Crippen molar-refractivity contribution in [3.63, 3.8) is 0 Å². The molecular formula is C29H29N5O3. The number of aliphatic hydroxyl groups excluding tert-OH is 1. The van der Waals surface area contributed by atoms with E-state index in [4.69, 9.17) is 4.74 Å². The number of amides is 1. The topological polar surface area (TPSA) is 84.9 Å². The number of aliphatic hydroxyl groups is 1. The van der Waals surface area contributed by atoms with Crippen LogP contribution in [0.15, 0.2) is 60.9 Å². The summed E-state index contributed by atoms with van der Waals surface area (Å²) in [6.45, 7) is 4.61. The number of β-amino-alcohol motifs (C(OH)–C–C–N with tert-alkyl or cyclic N) is 1. The van der Waals surface area contributed by atoms with Gasteiger partial charge in [-0.15, -0.1) is 0 Å². The van der Waals surface area contributed by atoms with Crippen LogP contribution in [0.25, 0.3) is 33.3 Å². The molecule has 2 N–H and O–H groups in total. The average Bonchev–Trinajstić information content (AvgIpc) is 3.34. The summed E-state index contributed by atoms with van der Waals surface area (Å²) in [6, 6.07) is 16.7. The van der Waals surface area contributed by atoms with Gasteiger partial charge in [-0.25, -0.2) is 4.98 Å². The molecule has 5 heterocycles. The van der Waals surface area contributed by atoms with Crippen LogP contribution in [0.2, 0.25) is 0 Å². The summed E-state index contributed by atoms with van der Waals surface area (Å²) in [5.74, 6) is 0.889. The molecule has 1 amide bonds. The van der Waals surface area contributed by atoms with Crippen molar-refractivity contribution in [2.24, 2.45) is 0 Å². The van der Waals surface area contributed by atoms with Crippen LogP contribution < -0.4 is 9.64 Å². The van der Waals surface area contributed by atoms with Crippen molar-refractivity contribution >= 4 is 22.6 Å². The number of carbonyl (C=O) groups is 1. The summed E-state index contributed by atoms with van der Waals surface area (Å²) in [5, 5.41) is 10.5. The van der Waals surface area contributed by atoms with Gasteiger partial charge in [0.25, 0.3) is 5.91 Å². The molecule has 2 aromatic carbocycles. The van der Waals surface area contributed by atoms with Crippen LogP contribution in [0.1, 0.15) is 10.4 Å². The molecule has 2 aromatic heterocycles. The van der Waals surface area contributed by atoms with Crippen LogP contribution in [0, 0.1) is 0 Å². The van der Waals surface area contributed by atoms with Crippen LogP contribution >= 0.6 is 0 Å². The minimum atomic E-state index is -0.401. The van der Waals surface area contributed by atoms with E-state index in [1.807, 2.05) is 36.7 Å². The predicted molar refractivity (Wildman–Crippen MR) is 143 cm³/mol. The average molecular weight is 496 g/mol. The summed E-state index contributed by atoms with van der Waals surface area (Å²) < 4.78 is 6.19. The lowest BCUT2D eigenvalue weighted by molar-refractivity contribution is 0.00590. The van der Waals surface area contributed by atoms with Crippen molar-refractivity contribution in [1.82, 2.24) is 19.8 Å². The second-order valence-corrected chi connectivity index (χ2v) is 10.4. The summed E-state index contributed by atoms with van der Waals surface area (Å²) >= 11 is 0. The van der Waals surface area contributed by atoms with Crippen molar-refractivity contribution in [2.45, 2.75) is 12.1 Å². The van der Waals surface area contributed by atoms with E-state index in [0.717, 1.165) is 58.7 Å². The molecule has 4 aromatic rings. The van der Waals surface area contributed by atoms with Gasteiger partial charge in [0.2, 0.25) is 0 Å². The summed E-state index contributed by atoms with van der Waals surface area (Å²) in [5.41, 5.74) is 6.78. The van der Waals surface area contributed by atoms with Gasteiger partial charge in [-0.05, 0) is 48.5 Å². The van der Waals surface area contributed by atoms with E-state index in [1.54, 1.807) is 4.90 Å². The zero-order valence-corrected chi connectivity index (χ0v) is 20.7. The molecular weight excluding hydrogens is 466 g/mol. The van der Waals surface area contributed by atoms with Gasteiger partial charge in [0.15, 0.2) is 0 Å². The molecule has 2 fully saturated rings. The third kappa shape index (κ3) is 3.84. The number of aromatic amines is 1. The van der Waals surface area contributed by atoms with Crippen LogP contribution in [-0.2, 0) is 0 Å². The minimum absolute atomic E-state index is 0.0442. The second kappa shape index (κ2) is 8.61. The Balaban J connectivity index is 1.17.